The Morgan fingerprint density at radius 1 is 0.489 bits per heavy atom. The van der Waals surface area contributed by atoms with E-state index in [-0.39, 0.29) is 38.8 Å². The van der Waals surface area contributed by atoms with E-state index < -0.39 is 0 Å². The van der Waals surface area contributed by atoms with Crippen molar-refractivity contribution >= 4 is 23.8 Å². The van der Waals surface area contributed by atoms with Crippen molar-refractivity contribution in [1.29, 1.82) is 0 Å². The number of aliphatic imine (C=N–C) groups is 2. The Kier molecular flexibility index (Phi) is 14.8. The van der Waals surface area contributed by atoms with Gasteiger partial charge in [-0.25, -0.2) is 0 Å². The second kappa shape index (κ2) is 16.6. The average molecular weight is 658 g/mol. The summed E-state index contributed by atoms with van der Waals surface area (Å²) in [7, 11) is 0. The van der Waals surface area contributed by atoms with Gasteiger partial charge in [-0.3, -0.25) is 9.98 Å². The summed E-state index contributed by atoms with van der Waals surface area (Å²) in [5.41, 5.74) is 8.58. The van der Waals surface area contributed by atoms with Crippen LogP contribution in [0.5, 0.6) is 11.5 Å². The van der Waals surface area contributed by atoms with Crippen LogP contribution in [0, 0.1) is 0 Å². The Morgan fingerprint density at radius 3 is 0.933 bits per heavy atom. The Morgan fingerprint density at radius 2 is 0.733 bits per heavy atom. The molecule has 0 amide bonds. The largest absolute Gasteiger partial charge is 0.504 e. The van der Waals surface area contributed by atoms with Crippen LogP contribution in [0.1, 0.15) is 154 Å². The Bertz CT molecular complexity index is 1290. The molecule has 0 spiro atoms. The Labute approximate surface area is 284 Å². The second-order valence-electron chi connectivity index (χ2n) is 15.1. The zero-order valence-electron chi connectivity index (χ0n) is 30.2. The molecule has 2 N–H and O–H groups in total. The zero-order valence-corrected chi connectivity index (χ0v) is 31.2. The van der Waals surface area contributed by atoms with Crippen molar-refractivity contribution in [3.8, 4) is 11.5 Å². The van der Waals surface area contributed by atoms with Crippen molar-refractivity contribution in [2.75, 3.05) is 0 Å². The van der Waals surface area contributed by atoms with Gasteiger partial charge in [-0.15, -0.1) is 0 Å². The van der Waals surface area contributed by atoms with Gasteiger partial charge in [0.05, 0.1) is 11.4 Å². The first-order valence-corrected chi connectivity index (χ1v) is 16.2. The third-order valence-corrected chi connectivity index (χ3v) is 7.93. The van der Waals surface area contributed by atoms with Gasteiger partial charge in [-0.2, -0.15) is 0 Å². The molecule has 0 radical (unpaired) electrons. The molecular formula is C40H58N2NiO2. The third-order valence-electron chi connectivity index (χ3n) is 7.93. The van der Waals surface area contributed by atoms with Crippen LogP contribution in [0.3, 0.4) is 0 Å². The van der Waals surface area contributed by atoms with E-state index in [0.29, 0.717) is 23.7 Å². The molecule has 0 unspecified atom stereocenters. The minimum Gasteiger partial charge on any atom is -0.504 e. The molecule has 0 heterocycles. The summed E-state index contributed by atoms with van der Waals surface area (Å²) in [6.45, 7) is 29.9. The fourth-order valence-electron chi connectivity index (χ4n) is 5.33. The van der Waals surface area contributed by atoms with E-state index in [1.807, 2.05) is 66.1 Å². The van der Waals surface area contributed by atoms with Gasteiger partial charge < -0.3 is 10.2 Å². The molecule has 45 heavy (non-hydrogen) atoms. The normalized spacial score (nSPS) is 12.4. The van der Waals surface area contributed by atoms with E-state index in [1.165, 1.54) is 22.3 Å². The predicted octanol–water partition coefficient (Wildman–Crippen LogP) is 12.0. The van der Waals surface area contributed by atoms with Crippen molar-refractivity contribution in [2.24, 2.45) is 9.98 Å². The van der Waals surface area contributed by atoms with Gasteiger partial charge in [0.15, 0.2) is 11.5 Å². The zero-order chi connectivity index (χ0) is 33.6. The van der Waals surface area contributed by atoms with Crippen molar-refractivity contribution < 1.29 is 26.7 Å². The number of hydrogen-bond donors (Lipinski definition) is 2. The first-order valence-electron chi connectivity index (χ1n) is 16.2. The van der Waals surface area contributed by atoms with Crippen molar-refractivity contribution in [1.82, 2.24) is 0 Å². The summed E-state index contributed by atoms with van der Waals surface area (Å²) in [4.78, 5) is 9.68. The van der Waals surface area contributed by atoms with Crippen LogP contribution >= 0.6 is 0 Å². The molecule has 0 aliphatic rings. The predicted molar refractivity (Wildman–Crippen MR) is 193 cm³/mol. The van der Waals surface area contributed by atoms with Gasteiger partial charge >= 0.3 is 0 Å². The first-order chi connectivity index (χ1) is 20.3. The standard InChI is InChI=1S/C26H36N2.C14H22O2.Ni/c1-17(2)21-11-9-12-22(18(3)4)25(21)27-15-16-28-26-23(19(5)6)13-10-14-24(26)20(7)8;1-13(2,3)9-7-8-10(14(4,5)6)12(16)11(9)15;/h9-20H,1-8H3;7-8,15-16H,1-6H3;. The summed E-state index contributed by atoms with van der Waals surface area (Å²) in [6.07, 6.45) is 3.71. The van der Waals surface area contributed by atoms with Crippen molar-refractivity contribution in [2.45, 2.75) is 131 Å². The van der Waals surface area contributed by atoms with Crippen LogP contribution in [-0.4, -0.2) is 22.6 Å². The van der Waals surface area contributed by atoms with E-state index in [2.05, 4.69) is 91.8 Å². The second-order valence-corrected chi connectivity index (χ2v) is 15.1. The Balaban J connectivity index is 0.000000508. The molecule has 0 aromatic heterocycles. The number of nitrogens with zero attached hydrogens (tertiary/aromatic N) is 2. The van der Waals surface area contributed by atoms with Crippen LogP contribution in [-0.2, 0) is 27.3 Å². The molecule has 3 aromatic rings. The van der Waals surface area contributed by atoms with Gasteiger partial charge in [0.1, 0.15) is 0 Å². The molecule has 5 heteroatoms. The smallest absolute Gasteiger partial charge is 0.161 e. The molecule has 3 aromatic carbocycles. The number of hydrogen-bond acceptors (Lipinski definition) is 4. The molecular weight excluding hydrogens is 599 g/mol. The monoisotopic (exact) mass is 656 g/mol. The number of para-hydroxylation sites is 2. The summed E-state index contributed by atoms with van der Waals surface area (Å²) in [5.74, 6) is 1.79. The summed E-state index contributed by atoms with van der Waals surface area (Å²) >= 11 is 0. The van der Waals surface area contributed by atoms with Crippen molar-refractivity contribution in [3.63, 3.8) is 0 Å². The molecule has 250 valence electrons. The van der Waals surface area contributed by atoms with Gasteiger partial charge in [0.2, 0.25) is 0 Å². The maximum Gasteiger partial charge on any atom is 0.161 e. The van der Waals surface area contributed by atoms with Crippen LogP contribution in [0.15, 0.2) is 58.5 Å². The number of phenols is 2. The van der Waals surface area contributed by atoms with Crippen molar-refractivity contribution in [3.05, 3.63) is 81.9 Å². The minimum atomic E-state index is -0.169. The van der Waals surface area contributed by atoms with Crippen LogP contribution in [0.25, 0.3) is 0 Å². The van der Waals surface area contributed by atoms with E-state index in [0.717, 1.165) is 22.5 Å². The minimum absolute atomic E-state index is 0. The summed E-state index contributed by atoms with van der Waals surface area (Å²) in [5, 5.41) is 20.1. The summed E-state index contributed by atoms with van der Waals surface area (Å²) in [6, 6.07) is 16.8. The molecule has 0 aliphatic carbocycles. The van der Waals surface area contributed by atoms with E-state index in [4.69, 9.17) is 9.98 Å². The van der Waals surface area contributed by atoms with Gasteiger partial charge in [-0.05, 0) is 56.8 Å². The SMILES string of the molecule is CC(C)(C)c1ccc(C(C)(C)C)c(O)c1O.CC(C)c1cccc(C(C)C)c1N=CC=Nc1c(C(C)C)cccc1C(C)C.[Ni]. The Hall–Kier alpha value is -2.91. The van der Waals surface area contributed by atoms with E-state index in [9.17, 15) is 10.2 Å². The number of benzene rings is 3. The number of phenolic OH excluding ortho intramolecular Hbond substituents is 2. The van der Waals surface area contributed by atoms with Crippen LogP contribution < -0.4 is 0 Å². The maximum absolute atomic E-state index is 10.0. The van der Waals surface area contributed by atoms with Gasteiger partial charge in [0, 0.05) is 40.0 Å². The van der Waals surface area contributed by atoms with E-state index in [1.54, 1.807) is 0 Å². The summed E-state index contributed by atoms with van der Waals surface area (Å²) < 4.78 is 0. The molecule has 0 saturated carbocycles. The number of rotatable bonds is 7. The van der Waals surface area contributed by atoms with Gasteiger partial charge in [-0.1, -0.05) is 145 Å². The molecule has 3 rings (SSSR count). The fourth-order valence-corrected chi connectivity index (χ4v) is 5.33. The fraction of sp³-hybridized carbons (Fsp3) is 0.500. The number of aromatic hydroxyl groups is 2. The third kappa shape index (κ3) is 10.6. The average Bonchev–Trinajstić information content (AvgIpc) is 2.90. The molecule has 0 fully saturated rings. The molecule has 0 saturated heterocycles. The molecule has 0 bridgehead atoms. The van der Waals surface area contributed by atoms with E-state index >= 15 is 0 Å². The molecule has 4 nitrogen and oxygen atoms in total. The molecule has 0 atom stereocenters. The quantitative estimate of drug-likeness (QED) is 0.151. The maximum atomic E-state index is 10.0. The topological polar surface area (TPSA) is 65.2 Å². The van der Waals surface area contributed by atoms with Crippen LogP contribution in [0.2, 0.25) is 0 Å². The molecule has 0 aliphatic heterocycles. The first kappa shape index (κ1) is 40.1. The van der Waals surface area contributed by atoms with Gasteiger partial charge in [0.25, 0.3) is 0 Å². The van der Waals surface area contributed by atoms with Crippen LogP contribution in [0.4, 0.5) is 11.4 Å².